The lowest BCUT2D eigenvalue weighted by Crippen LogP contribution is -2.25. The maximum absolute atomic E-state index is 13.8. The molecule has 0 aliphatic carbocycles. The smallest absolute Gasteiger partial charge is 0.395 e. The van der Waals surface area contributed by atoms with Crippen LogP contribution in [-0.2, 0) is 6.54 Å². The zero-order valence-corrected chi connectivity index (χ0v) is 16.0. The van der Waals surface area contributed by atoms with Gasteiger partial charge in [0, 0.05) is 30.6 Å². The molecule has 0 unspecified atom stereocenters. The molecule has 7 nitrogen and oxygen atoms in total. The van der Waals surface area contributed by atoms with Crippen LogP contribution in [0.2, 0.25) is 0 Å². The van der Waals surface area contributed by atoms with E-state index in [9.17, 15) is 22.4 Å². The van der Waals surface area contributed by atoms with Gasteiger partial charge in [-0.25, -0.2) is 13.8 Å². The van der Waals surface area contributed by atoms with E-state index >= 15 is 0 Å². The number of nitriles is 1. The highest BCUT2D eigenvalue weighted by molar-refractivity contribution is 6.08. The highest BCUT2D eigenvalue weighted by Gasteiger charge is 2.43. The third kappa shape index (κ3) is 4.39. The van der Waals surface area contributed by atoms with E-state index in [-0.39, 0.29) is 40.7 Å². The largest absolute Gasteiger partial charge is 0.586 e. The molecule has 0 fully saturated rings. The minimum absolute atomic E-state index is 0.0241. The van der Waals surface area contributed by atoms with E-state index in [1.54, 1.807) is 6.07 Å². The molecule has 0 spiro atoms. The van der Waals surface area contributed by atoms with Crippen molar-refractivity contribution in [2.75, 3.05) is 10.6 Å². The Labute approximate surface area is 178 Å². The van der Waals surface area contributed by atoms with Crippen molar-refractivity contribution in [2.45, 2.75) is 12.8 Å². The molecule has 1 amide bonds. The van der Waals surface area contributed by atoms with Gasteiger partial charge >= 0.3 is 6.29 Å². The van der Waals surface area contributed by atoms with E-state index in [1.165, 1.54) is 24.4 Å². The molecule has 0 saturated heterocycles. The predicted octanol–water partition coefficient (Wildman–Crippen LogP) is 4.42. The summed E-state index contributed by atoms with van der Waals surface area (Å²) < 4.78 is 62.6. The van der Waals surface area contributed by atoms with Crippen molar-refractivity contribution >= 4 is 17.3 Å². The van der Waals surface area contributed by atoms with Crippen LogP contribution in [-0.4, -0.2) is 17.2 Å². The van der Waals surface area contributed by atoms with Gasteiger partial charge in [-0.2, -0.15) is 5.26 Å². The number of amides is 1. The average molecular weight is 444 g/mol. The van der Waals surface area contributed by atoms with Crippen LogP contribution in [0.5, 0.6) is 11.5 Å². The molecule has 32 heavy (non-hydrogen) atoms. The fourth-order valence-electron chi connectivity index (χ4n) is 2.95. The SMILES string of the molecule is N#Cc1cc(CNc2cc(F)c(F)cc2C(=O)Nc2ccc3c(c2)OC(F)(F)O3)ccn1. The zero-order valence-electron chi connectivity index (χ0n) is 16.0. The summed E-state index contributed by atoms with van der Waals surface area (Å²) in [5.74, 6) is -3.76. The van der Waals surface area contributed by atoms with Gasteiger partial charge in [-0.3, -0.25) is 4.79 Å². The Balaban J connectivity index is 1.56. The molecule has 0 bridgehead atoms. The molecule has 162 valence electrons. The molecule has 2 N–H and O–H groups in total. The second-order valence-corrected chi connectivity index (χ2v) is 6.61. The third-order valence-corrected chi connectivity index (χ3v) is 4.39. The predicted molar refractivity (Wildman–Crippen MR) is 103 cm³/mol. The zero-order chi connectivity index (χ0) is 22.9. The van der Waals surface area contributed by atoms with Gasteiger partial charge in [0.2, 0.25) is 0 Å². The maximum Gasteiger partial charge on any atom is 0.586 e. The molecule has 2 aromatic carbocycles. The number of halogens is 4. The lowest BCUT2D eigenvalue weighted by molar-refractivity contribution is -0.286. The number of carbonyl (C=O) groups is 1. The van der Waals surface area contributed by atoms with Crippen molar-refractivity contribution in [1.82, 2.24) is 4.98 Å². The Morgan fingerprint density at radius 2 is 1.81 bits per heavy atom. The van der Waals surface area contributed by atoms with Crippen molar-refractivity contribution in [3.05, 3.63) is 77.1 Å². The van der Waals surface area contributed by atoms with Gasteiger partial charge in [-0.1, -0.05) is 0 Å². The van der Waals surface area contributed by atoms with Gasteiger partial charge in [0.15, 0.2) is 23.1 Å². The number of hydrogen-bond acceptors (Lipinski definition) is 6. The molecule has 3 aromatic rings. The highest BCUT2D eigenvalue weighted by Crippen LogP contribution is 2.42. The quantitative estimate of drug-likeness (QED) is 0.566. The maximum atomic E-state index is 13.8. The van der Waals surface area contributed by atoms with Crippen molar-refractivity contribution in [1.29, 1.82) is 5.26 Å². The van der Waals surface area contributed by atoms with Crippen molar-refractivity contribution in [2.24, 2.45) is 0 Å². The van der Waals surface area contributed by atoms with Crippen LogP contribution < -0.4 is 20.1 Å². The molecule has 0 radical (unpaired) electrons. The summed E-state index contributed by atoms with van der Waals surface area (Å²) in [4.78, 5) is 16.6. The monoisotopic (exact) mass is 444 g/mol. The molecular formula is C21H12F4N4O3. The number of aromatic nitrogens is 1. The summed E-state index contributed by atoms with van der Waals surface area (Å²) in [6.07, 6.45) is -2.40. The molecule has 1 aliphatic rings. The minimum atomic E-state index is -3.82. The Bertz CT molecular complexity index is 1260. The summed E-state index contributed by atoms with van der Waals surface area (Å²) in [5, 5.41) is 14.2. The summed E-state index contributed by atoms with van der Waals surface area (Å²) in [6.45, 7) is 0.0850. The number of anilines is 2. The van der Waals surface area contributed by atoms with Gasteiger partial charge < -0.3 is 20.1 Å². The standard InChI is InChI=1S/C21H12F4N4O3/c22-15-7-14(17(8-16(15)23)28-10-11-3-4-27-13(5-11)9-26)20(30)29-12-1-2-18-19(6-12)32-21(24,25)31-18/h1-8,28H,10H2,(H,29,30). The van der Waals surface area contributed by atoms with Gasteiger partial charge in [0.25, 0.3) is 5.91 Å². The number of hydrogen-bond donors (Lipinski definition) is 2. The van der Waals surface area contributed by atoms with Crippen molar-refractivity contribution < 1.29 is 31.8 Å². The number of carbonyl (C=O) groups excluding carboxylic acids is 1. The summed E-state index contributed by atoms with van der Waals surface area (Å²) in [6, 6.07) is 10.1. The van der Waals surface area contributed by atoms with Crippen LogP contribution in [0.15, 0.2) is 48.7 Å². The molecule has 1 aromatic heterocycles. The second-order valence-electron chi connectivity index (χ2n) is 6.61. The lowest BCUT2D eigenvalue weighted by atomic mass is 10.1. The van der Waals surface area contributed by atoms with Crippen molar-refractivity contribution in [3.63, 3.8) is 0 Å². The van der Waals surface area contributed by atoms with Crippen molar-refractivity contribution in [3.8, 4) is 17.6 Å². The van der Waals surface area contributed by atoms with Gasteiger partial charge in [-0.15, -0.1) is 8.78 Å². The number of rotatable bonds is 5. The van der Waals surface area contributed by atoms with E-state index in [2.05, 4.69) is 25.1 Å². The first-order chi connectivity index (χ1) is 15.2. The second kappa shape index (κ2) is 8.07. The Hall–Kier alpha value is -4.33. The molecular weight excluding hydrogens is 432 g/mol. The van der Waals surface area contributed by atoms with E-state index in [0.717, 1.165) is 12.1 Å². The first-order valence-electron chi connectivity index (χ1n) is 9.03. The minimum Gasteiger partial charge on any atom is -0.395 e. The van der Waals surface area contributed by atoms with Crippen LogP contribution in [0.4, 0.5) is 28.9 Å². The van der Waals surface area contributed by atoms with Crippen LogP contribution in [0.3, 0.4) is 0 Å². The first-order valence-corrected chi connectivity index (χ1v) is 9.03. The van der Waals surface area contributed by atoms with Gasteiger partial charge in [-0.05, 0) is 35.9 Å². The molecule has 0 saturated carbocycles. The molecule has 11 heteroatoms. The number of fused-ring (bicyclic) bond motifs is 1. The number of nitrogens with one attached hydrogen (secondary N) is 2. The van der Waals surface area contributed by atoms with Crippen LogP contribution in [0.1, 0.15) is 21.6 Å². The fourth-order valence-corrected chi connectivity index (χ4v) is 2.95. The van der Waals surface area contributed by atoms with E-state index < -0.39 is 23.8 Å². The van der Waals surface area contributed by atoms with Crippen LogP contribution in [0, 0.1) is 23.0 Å². The third-order valence-electron chi connectivity index (χ3n) is 4.39. The number of benzene rings is 2. The number of alkyl halides is 2. The normalized spacial score (nSPS) is 13.3. The topological polar surface area (TPSA) is 96.3 Å². The first kappa shape index (κ1) is 20.9. The van der Waals surface area contributed by atoms with Crippen LogP contribution >= 0.6 is 0 Å². The Morgan fingerprint density at radius 3 is 2.59 bits per heavy atom. The fraction of sp³-hybridized carbons (Fsp3) is 0.0952. The molecule has 0 atom stereocenters. The number of nitrogens with zero attached hydrogens (tertiary/aromatic N) is 2. The van der Waals surface area contributed by atoms with Gasteiger partial charge in [0.05, 0.1) is 11.3 Å². The summed E-state index contributed by atoms with van der Waals surface area (Å²) >= 11 is 0. The summed E-state index contributed by atoms with van der Waals surface area (Å²) in [7, 11) is 0. The van der Waals surface area contributed by atoms with E-state index in [0.29, 0.717) is 11.6 Å². The average Bonchev–Trinajstić information content (AvgIpc) is 3.07. The van der Waals surface area contributed by atoms with E-state index in [1.807, 2.05) is 6.07 Å². The van der Waals surface area contributed by atoms with Crippen LogP contribution in [0.25, 0.3) is 0 Å². The number of pyridine rings is 1. The molecule has 2 heterocycles. The van der Waals surface area contributed by atoms with Gasteiger partial charge in [0.1, 0.15) is 11.8 Å². The lowest BCUT2D eigenvalue weighted by Gasteiger charge is -2.13. The summed E-state index contributed by atoms with van der Waals surface area (Å²) in [5.41, 5.74) is 0.592. The number of ether oxygens (including phenoxy) is 2. The Morgan fingerprint density at radius 1 is 1.06 bits per heavy atom. The van der Waals surface area contributed by atoms with E-state index in [4.69, 9.17) is 5.26 Å². The molecule has 4 rings (SSSR count). The highest BCUT2D eigenvalue weighted by atomic mass is 19.3. The molecule has 1 aliphatic heterocycles. The Kier molecular flexibility index (Phi) is 5.28.